The topological polar surface area (TPSA) is 62.7 Å². The first-order valence-electron chi connectivity index (χ1n) is 11.5. The zero-order valence-corrected chi connectivity index (χ0v) is 19.4. The maximum absolute atomic E-state index is 13.5. The fourth-order valence-corrected chi connectivity index (χ4v) is 5.08. The Labute approximate surface area is 190 Å². The van der Waals surface area contributed by atoms with Crippen molar-refractivity contribution in [2.45, 2.75) is 32.1 Å². The summed E-state index contributed by atoms with van der Waals surface area (Å²) in [6.45, 7) is 7.90. The van der Waals surface area contributed by atoms with E-state index < -0.39 is 0 Å². The van der Waals surface area contributed by atoms with Gasteiger partial charge in [0.15, 0.2) is 0 Å². The third-order valence-corrected chi connectivity index (χ3v) is 7.32. The summed E-state index contributed by atoms with van der Waals surface area (Å²) >= 11 is 6.08. The number of amides is 1. The summed E-state index contributed by atoms with van der Waals surface area (Å²) in [6.07, 6.45) is 3.34. The van der Waals surface area contributed by atoms with Crippen LogP contribution in [0.1, 0.15) is 37.7 Å². The van der Waals surface area contributed by atoms with E-state index in [9.17, 15) is 4.79 Å². The number of hydrogen-bond donors (Lipinski definition) is 2. The largest absolute Gasteiger partial charge is 0.391 e. The van der Waals surface area contributed by atoms with Crippen LogP contribution in [0, 0.1) is 11.3 Å². The highest BCUT2D eigenvalue weighted by molar-refractivity contribution is 6.30. The van der Waals surface area contributed by atoms with Crippen molar-refractivity contribution >= 4 is 23.3 Å². The highest BCUT2D eigenvalue weighted by Crippen LogP contribution is 2.32. The van der Waals surface area contributed by atoms with E-state index in [2.05, 4.69) is 22.0 Å². The molecule has 2 heterocycles. The van der Waals surface area contributed by atoms with Gasteiger partial charge in [-0.05, 0) is 56.0 Å². The number of carbonyl (C=O) groups excluding carboxylic acids is 1. The number of piperazine rings is 1. The monoisotopic (exact) mass is 443 g/mol. The second kappa shape index (κ2) is 9.61. The minimum atomic E-state index is -0.156. The fraction of sp³-hybridized carbons (Fsp3) is 0.583. The molecule has 2 N–H and O–H groups in total. The molecule has 0 radical (unpaired) electrons. The van der Waals surface area contributed by atoms with Crippen LogP contribution in [0.3, 0.4) is 0 Å². The second-order valence-corrected chi connectivity index (χ2v) is 9.44. The van der Waals surface area contributed by atoms with Crippen molar-refractivity contribution in [3.05, 3.63) is 46.1 Å². The molecule has 2 atom stereocenters. The molecule has 1 aromatic rings. The number of halogens is 1. The summed E-state index contributed by atoms with van der Waals surface area (Å²) in [5.74, 6) is 1.10. The van der Waals surface area contributed by atoms with Gasteiger partial charge < -0.3 is 20.0 Å². The Morgan fingerprint density at radius 1 is 1.13 bits per heavy atom. The van der Waals surface area contributed by atoms with E-state index in [1.165, 1.54) is 12.1 Å². The van der Waals surface area contributed by atoms with E-state index in [0.29, 0.717) is 29.9 Å². The molecule has 2 saturated heterocycles. The van der Waals surface area contributed by atoms with Gasteiger partial charge in [0.2, 0.25) is 5.91 Å². The van der Waals surface area contributed by atoms with Crippen molar-refractivity contribution in [2.24, 2.45) is 5.92 Å². The van der Waals surface area contributed by atoms with Crippen molar-refractivity contribution in [3.8, 4) is 0 Å². The predicted octanol–water partition coefficient (Wildman–Crippen LogP) is 3.15. The zero-order valence-electron chi connectivity index (χ0n) is 18.7. The first kappa shape index (κ1) is 22.2. The van der Waals surface area contributed by atoms with Crippen molar-refractivity contribution < 1.29 is 4.79 Å². The van der Waals surface area contributed by atoms with Crippen LogP contribution in [0.2, 0.25) is 5.02 Å². The molecule has 1 amide bonds. The van der Waals surface area contributed by atoms with E-state index in [-0.39, 0.29) is 11.8 Å². The number of carbonyl (C=O) groups is 1. The number of benzene rings is 1. The molecule has 168 valence electrons. The van der Waals surface area contributed by atoms with Gasteiger partial charge in [0, 0.05) is 56.1 Å². The number of allylic oxidation sites excluding steroid dienone is 1. The summed E-state index contributed by atoms with van der Waals surface area (Å²) in [6, 6.07) is 7.73. The smallest absolute Gasteiger partial charge is 0.231 e. The van der Waals surface area contributed by atoms with Gasteiger partial charge in [0.25, 0.3) is 0 Å². The van der Waals surface area contributed by atoms with E-state index in [0.717, 1.165) is 56.7 Å². The molecule has 4 rings (SSSR count). The maximum atomic E-state index is 13.5. The molecule has 1 aromatic carbocycles. The first-order chi connectivity index (χ1) is 15.0. The number of rotatable bonds is 6. The number of hydrogen-bond acceptors (Lipinski definition) is 4. The lowest BCUT2D eigenvalue weighted by Gasteiger charge is -2.40. The molecule has 2 fully saturated rings. The lowest BCUT2D eigenvalue weighted by atomic mass is 9.95. The molecule has 2 aliphatic heterocycles. The quantitative estimate of drug-likeness (QED) is 0.523. The van der Waals surface area contributed by atoms with Crippen LogP contribution in [0.15, 0.2) is 35.5 Å². The van der Waals surface area contributed by atoms with Crippen LogP contribution in [0.4, 0.5) is 0 Å². The van der Waals surface area contributed by atoms with Crippen molar-refractivity contribution in [1.82, 2.24) is 20.0 Å². The highest BCUT2D eigenvalue weighted by atomic mass is 35.5. The summed E-state index contributed by atoms with van der Waals surface area (Å²) in [4.78, 5) is 20.0. The third kappa shape index (κ3) is 4.75. The number of nitrogens with zero attached hydrogens (tertiary/aromatic N) is 3. The van der Waals surface area contributed by atoms with Gasteiger partial charge in [0.05, 0.1) is 5.92 Å². The SMILES string of the molecule is CNC1=C(C(=N)N2CCN(C(=O)[C@@H](CN3CCC3)c3ccc(Cl)cc3)CC2)[C@H](C)CC1. The molecule has 1 aliphatic carbocycles. The summed E-state index contributed by atoms with van der Waals surface area (Å²) < 4.78 is 0. The predicted molar refractivity (Wildman–Crippen MR) is 126 cm³/mol. The van der Waals surface area contributed by atoms with E-state index >= 15 is 0 Å². The fourth-order valence-electron chi connectivity index (χ4n) is 4.96. The third-order valence-electron chi connectivity index (χ3n) is 7.07. The average Bonchev–Trinajstić information content (AvgIpc) is 3.13. The molecule has 3 aliphatic rings. The van der Waals surface area contributed by atoms with Crippen LogP contribution in [0.5, 0.6) is 0 Å². The van der Waals surface area contributed by atoms with Gasteiger partial charge in [-0.1, -0.05) is 30.7 Å². The molecule has 0 aromatic heterocycles. The van der Waals surface area contributed by atoms with Crippen molar-refractivity contribution in [1.29, 1.82) is 5.41 Å². The second-order valence-electron chi connectivity index (χ2n) is 9.00. The molecule has 0 saturated carbocycles. The van der Waals surface area contributed by atoms with Gasteiger partial charge in [-0.25, -0.2) is 0 Å². The molecular formula is C24H34ClN5O. The Hall–Kier alpha value is -2.05. The highest BCUT2D eigenvalue weighted by Gasteiger charge is 2.33. The zero-order chi connectivity index (χ0) is 22.0. The van der Waals surface area contributed by atoms with Gasteiger partial charge in [-0.15, -0.1) is 0 Å². The van der Waals surface area contributed by atoms with Gasteiger partial charge in [-0.3, -0.25) is 10.2 Å². The Balaban J connectivity index is 1.42. The molecule has 31 heavy (non-hydrogen) atoms. The Bertz CT molecular complexity index is 840. The van der Waals surface area contributed by atoms with Crippen LogP contribution in [-0.2, 0) is 4.79 Å². The molecule has 7 heteroatoms. The Morgan fingerprint density at radius 3 is 2.35 bits per heavy atom. The van der Waals surface area contributed by atoms with Crippen LogP contribution in [0.25, 0.3) is 0 Å². The number of nitrogens with one attached hydrogen (secondary N) is 2. The van der Waals surface area contributed by atoms with Crippen LogP contribution >= 0.6 is 11.6 Å². The molecule has 0 unspecified atom stereocenters. The Morgan fingerprint density at radius 2 is 1.77 bits per heavy atom. The molecule has 0 spiro atoms. The van der Waals surface area contributed by atoms with E-state index in [1.807, 2.05) is 36.2 Å². The Kier molecular flexibility index (Phi) is 6.87. The molecular weight excluding hydrogens is 410 g/mol. The number of amidine groups is 1. The summed E-state index contributed by atoms with van der Waals surface area (Å²) in [7, 11) is 1.95. The van der Waals surface area contributed by atoms with Gasteiger partial charge in [-0.2, -0.15) is 0 Å². The van der Waals surface area contributed by atoms with Gasteiger partial charge in [0.1, 0.15) is 5.84 Å². The minimum absolute atomic E-state index is 0.156. The summed E-state index contributed by atoms with van der Waals surface area (Å²) in [5, 5.41) is 12.8. The molecule has 6 nitrogen and oxygen atoms in total. The average molecular weight is 444 g/mol. The maximum Gasteiger partial charge on any atom is 0.231 e. The van der Waals surface area contributed by atoms with Crippen molar-refractivity contribution in [2.75, 3.05) is 52.9 Å². The first-order valence-corrected chi connectivity index (χ1v) is 11.9. The van der Waals surface area contributed by atoms with Crippen LogP contribution < -0.4 is 5.32 Å². The van der Waals surface area contributed by atoms with E-state index in [4.69, 9.17) is 17.0 Å². The van der Waals surface area contributed by atoms with E-state index in [1.54, 1.807) is 0 Å². The van der Waals surface area contributed by atoms with Gasteiger partial charge >= 0.3 is 0 Å². The minimum Gasteiger partial charge on any atom is -0.391 e. The normalized spacial score (nSPS) is 23.0. The van der Waals surface area contributed by atoms with Crippen LogP contribution in [-0.4, -0.2) is 79.3 Å². The van der Waals surface area contributed by atoms with Crippen molar-refractivity contribution in [3.63, 3.8) is 0 Å². The number of likely N-dealkylation sites (tertiary alicyclic amines) is 1. The summed E-state index contributed by atoms with van der Waals surface area (Å²) in [5.41, 5.74) is 3.40. The standard InChI is InChI=1S/C24H34ClN5O/c1-17-4-9-21(27-2)22(17)23(26)29-12-14-30(15-13-29)24(31)20(16-28-10-3-11-28)18-5-7-19(25)8-6-18/h5-8,17,20,26-27H,3-4,9-16H2,1-2H3/t17-,20+/m1/s1. The lowest BCUT2D eigenvalue weighted by molar-refractivity contribution is -0.134. The molecule has 0 bridgehead atoms. The lowest BCUT2D eigenvalue weighted by Crippen LogP contribution is -2.53.